The third-order valence-electron chi connectivity index (χ3n) is 3.93. The molecule has 100 valence electrons. The van der Waals surface area contributed by atoms with Crippen LogP contribution in [0.2, 0.25) is 0 Å². The smallest absolute Gasteiger partial charge is 0.122 e. The van der Waals surface area contributed by atoms with E-state index in [4.69, 9.17) is 4.74 Å². The van der Waals surface area contributed by atoms with Gasteiger partial charge in [0.2, 0.25) is 0 Å². The summed E-state index contributed by atoms with van der Waals surface area (Å²) in [5.74, 6) is 1.86. The molecule has 0 aromatic heterocycles. The minimum atomic E-state index is 0.740. The summed E-state index contributed by atoms with van der Waals surface area (Å²) in [6, 6.07) is 9.16. The molecule has 1 aromatic carbocycles. The molecule has 2 heteroatoms. The van der Waals surface area contributed by atoms with E-state index >= 15 is 0 Å². The molecular formula is C16H25NO. The van der Waals surface area contributed by atoms with Gasteiger partial charge < -0.3 is 10.1 Å². The van der Waals surface area contributed by atoms with Crippen molar-refractivity contribution in [3.05, 3.63) is 29.8 Å². The Bertz CT molecular complexity index is 364. The molecule has 0 saturated heterocycles. The van der Waals surface area contributed by atoms with E-state index in [2.05, 4.69) is 30.4 Å². The normalized spacial score (nSPS) is 23.2. The maximum absolute atomic E-state index is 5.43. The van der Waals surface area contributed by atoms with E-state index in [0.717, 1.165) is 30.7 Å². The van der Waals surface area contributed by atoms with E-state index < -0.39 is 0 Å². The molecule has 18 heavy (non-hydrogen) atoms. The Morgan fingerprint density at radius 3 is 2.89 bits per heavy atom. The zero-order chi connectivity index (χ0) is 12.8. The predicted octanol–water partition coefficient (Wildman–Crippen LogP) is 3.41. The molecule has 0 heterocycles. The molecule has 0 bridgehead atoms. The summed E-state index contributed by atoms with van der Waals surface area (Å²) in [7, 11) is 1.76. The number of ether oxygens (including phenoxy) is 1. The Morgan fingerprint density at radius 2 is 2.11 bits per heavy atom. The first kappa shape index (κ1) is 13.4. The first-order valence-corrected chi connectivity index (χ1v) is 7.18. The molecule has 0 radical (unpaired) electrons. The molecular weight excluding hydrogens is 222 g/mol. The molecule has 1 N–H and O–H groups in total. The second-order valence-corrected chi connectivity index (χ2v) is 5.35. The third kappa shape index (κ3) is 3.49. The Morgan fingerprint density at radius 1 is 1.28 bits per heavy atom. The van der Waals surface area contributed by atoms with Crippen molar-refractivity contribution in [3.63, 3.8) is 0 Å². The van der Waals surface area contributed by atoms with E-state index in [0.29, 0.717) is 0 Å². The molecule has 1 fully saturated rings. The lowest BCUT2D eigenvalue weighted by molar-refractivity contribution is 0.403. The highest BCUT2D eigenvalue weighted by Gasteiger charge is 2.24. The summed E-state index contributed by atoms with van der Waals surface area (Å²) in [6.07, 6.45) is 6.39. The van der Waals surface area contributed by atoms with Crippen molar-refractivity contribution in [1.82, 2.24) is 5.32 Å². The molecule has 0 spiro atoms. The van der Waals surface area contributed by atoms with Crippen LogP contribution in [0.1, 0.15) is 38.2 Å². The maximum Gasteiger partial charge on any atom is 0.122 e. The Hall–Kier alpha value is -1.02. The summed E-state index contributed by atoms with van der Waals surface area (Å²) in [5.41, 5.74) is 1.36. The summed E-state index contributed by atoms with van der Waals surface area (Å²) in [6.45, 7) is 3.39. The van der Waals surface area contributed by atoms with Crippen molar-refractivity contribution in [2.75, 3.05) is 13.7 Å². The van der Waals surface area contributed by atoms with Crippen LogP contribution in [0.4, 0.5) is 0 Å². The van der Waals surface area contributed by atoms with Crippen LogP contribution in [0.15, 0.2) is 24.3 Å². The first-order valence-electron chi connectivity index (χ1n) is 7.18. The van der Waals surface area contributed by atoms with Gasteiger partial charge in [0.15, 0.2) is 0 Å². The van der Waals surface area contributed by atoms with Crippen LogP contribution in [0, 0.1) is 5.92 Å². The summed E-state index contributed by atoms with van der Waals surface area (Å²) >= 11 is 0. The Kier molecular flexibility index (Phi) is 5.06. The monoisotopic (exact) mass is 247 g/mol. The van der Waals surface area contributed by atoms with E-state index in [-0.39, 0.29) is 0 Å². The van der Waals surface area contributed by atoms with Crippen molar-refractivity contribution in [2.45, 2.75) is 45.1 Å². The minimum Gasteiger partial charge on any atom is -0.496 e. The number of nitrogens with one attached hydrogen (secondary N) is 1. The molecule has 0 aliphatic heterocycles. The van der Waals surface area contributed by atoms with Crippen LogP contribution < -0.4 is 10.1 Å². The SMILES string of the molecule is CCCNC1CCC(Cc2ccccc2OC)C1. The van der Waals surface area contributed by atoms with Gasteiger partial charge in [-0.15, -0.1) is 0 Å². The second kappa shape index (κ2) is 6.79. The average Bonchev–Trinajstić information content (AvgIpc) is 2.84. The quantitative estimate of drug-likeness (QED) is 0.832. The van der Waals surface area contributed by atoms with Crippen LogP contribution >= 0.6 is 0 Å². The van der Waals surface area contributed by atoms with Crippen molar-refractivity contribution >= 4 is 0 Å². The van der Waals surface area contributed by atoms with E-state index in [1.165, 1.54) is 31.2 Å². The fourth-order valence-corrected chi connectivity index (χ4v) is 2.98. The number of hydrogen-bond acceptors (Lipinski definition) is 2. The van der Waals surface area contributed by atoms with Gasteiger partial charge in [-0.2, -0.15) is 0 Å². The van der Waals surface area contributed by atoms with Crippen molar-refractivity contribution in [1.29, 1.82) is 0 Å². The minimum absolute atomic E-state index is 0.740. The summed E-state index contributed by atoms with van der Waals surface area (Å²) in [4.78, 5) is 0. The largest absolute Gasteiger partial charge is 0.496 e. The summed E-state index contributed by atoms with van der Waals surface area (Å²) < 4.78 is 5.43. The lowest BCUT2D eigenvalue weighted by Crippen LogP contribution is -2.27. The van der Waals surface area contributed by atoms with Gasteiger partial charge >= 0.3 is 0 Å². The van der Waals surface area contributed by atoms with E-state index in [1.807, 2.05) is 6.07 Å². The lowest BCUT2D eigenvalue weighted by atomic mass is 9.97. The van der Waals surface area contributed by atoms with Gasteiger partial charge in [0, 0.05) is 6.04 Å². The molecule has 2 atom stereocenters. The van der Waals surface area contributed by atoms with Crippen molar-refractivity contribution in [2.24, 2.45) is 5.92 Å². The molecule has 0 amide bonds. The Balaban J connectivity index is 1.87. The van der Waals surface area contributed by atoms with Crippen LogP contribution in [-0.2, 0) is 6.42 Å². The molecule has 2 nitrogen and oxygen atoms in total. The standard InChI is InChI=1S/C16H25NO/c1-3-10-17-15-9-8-13(12-15)11-14-6-4-5-7-16(14)18-2/h4-7,13,15,17H,3,8-12H2,1-2H3. The highest BCUT2D eigenvalue weighted by Crippen LogP contribution is 2.31. The van der Waals surface area contributed by atoms with Gasteiger partial charge in [-0.1, -0.05) is 25.1 Å². The third-order valence-corrected chi connectivity index (χ3v) is 3.93. The molecule has 1 aliphatic rings. The van der Waals surface area contributed by atoms with Crippen molar-refractivity contribution < 1.29 is 4.74 Å². The summed E-state index contributed by atoms with van der Waals surface area (Å²) in [5, 5.41) is 3.64. The van der Waals surface area contributed by atoms with E-state index in [1.54, 1.807) is 7.11 Å². The van der Waals surface area contributed by atoms with Crippen LogP contribution in [0.25, 0.3) is 0 Å². The van der Waals surface area contributed by atoms with Gasteiger partial charge in [-0.3, -0.25) is 0 Å². The predicted molar refractivity (Wildman–Crippen MR) is 76.1 cm³/mol. The number of hydrogen-bond donors (Lipinski definition) is 1. The van der Waals surface area contributed by atoms with Gasteiger partial charge in [0.25, 0.3) is 0 Å². The Labute approximate surface area is 111 Å². The second-order valence-electron chi connectivity index (χ2n) is 5.35. The van der Waals surface area contributed by atoms with Crippen LogP contribution in [0.5, 0.6) is 5.75 Å². The number of methoxy groups -OCH3 is 1. The fourth-order valence-electron chi connectivity index (χ4n) is 2.98. The van der Waals surface area contributed by atoms with Gasteiger partial charge in [-0.25, -0.2) is 0 Å². The van der Waals surface area contributed by atoms with Gasteiger partial charge in [0.1, 0.15) is 5.75 Å². The number of rotatable bonds is 6. The van der Waals surface area contributed by atoms with Gasteiger partial charge in [0.05, 0.1) is 7.11 Å². The highest BCUT2D eigenvalue weighted by atomic mass is 16.5. The topological polar surface area (TPSA) is 21.3 Å². The highest BCUT2D eigenvalue weighted by molar-refractivity contribution is 5.33. The number of benzene rings is 1. The molecule has 2 unspecified atom stereocenters. The zero-order valence-corrected chi connectivity index (χ0v) is 11.6. The fraction of sp³-hybridized carbons (Fsp3) is 0.625. The molecule has 2 rings (SSSR count). The molecule has 1 saturated carbocycles. The average molecular weight is 247 g/mol. The van der Waals surface area contributed by atoms with Crippen LogP contribution in [0.3, 0.4) is 0 Å². The first-order chi connectivity index (χ1) is 8.83. The van der Waals surface area contributed by atoms with Gasteiger partial charge in [-0.05, 0) is 56.2 Å². The molecule has 1 aliphatic carbocycles. The van der Waals surface area contributed by atoms with Crippen molar-refractivity contribution in [3.8, 4) is 5.75 Å². The molecule has 1 aromatic rings. The lowest BCUT2D eigenvalue weighted by Gasteiger charge is -2.14. The number of para-hydroxylation sites is 1. The van der Waals surface area contributed by atoms with E-state index in [9.17, 15) is 0 Å². The maximum atomic E-state index is 5.43. The van der Waals surface area contributed by atoms with Crippen LogP contribution in [-0.4, -0.2) is 19.7 Å². The zero-order valence-electron chi connectivity index (χ0n) is 11.6.